The molecule has 0 radical (unpaired) electrons. The van der Waals surface area contributed by atoms with E-state index in [0.29, 0.717) is 0 Å². The molecule has 0 aliphatic carbocycles. The van der Waals surface area contributed by atoms with E-state index in [0.717, 1.165) is 44.9 Å². The first-order valence-corrected chi connectivity index (χ1v) is 37.0. The molecular weight excluding hydrogens is 1040 g/mol. The zero-order chi connectivity index (χ0) is 59.0. The molecule has 0 N–H and O–H groups in total. The van der Waals surface area contributed by atoms with E-state index in [9.17, 15) is 0 Å². The molecule has 2 aromatic carbocycles. The van der Waals surface area contributed by atoms with Crippen LogP contribution in [0.3, 0.4) is 0 Å². The molecule has 2 nitrogen and oxygen atoms in total. The topological polar surface area (TPSA) is 36.4 Å². The van der Waals surface area contributed by atoms with Crippen LogP contribution in [-0.2, 0) is 27.3 Å². The summed E-state index contributed by atoms with van der Waals surface area (Å²) < 4.78 is 0. The third-order valence-corrected chi connectivity index (χ3v) is 17.3. The van der Waals surface area contributed by atoms with Crippen molar-refractivity contribution in [1.82, 2.24) is 0 Å². The second-order valence-corrected chi connectivity index (χ2v) is 25.3. The van der Waals surface area contributed by atoms with Crippen molar-refractivity contribution >= 4 is 11.4 Å². The maximum absolute atomic E-state index is 9.11. The van der Waals surface area contributed by atoms with Gasteiger partial charge in [0.05, 0.1) is 6.08 Å². The Bertz CT molecular complexity index is 1880. The molecule has 0 aliphatic heterocycles. The molecule has 0 saturated heterocycles. The van der Waals surface area contributed by atoms with Crippen LogP contribution in [0, 0.1) is 21.6 Å². The smallest absolute Gasteiger partial charge is 0.348 e. The Balaban J connectivity index is 0.000000853. The molecular formula is C79H132N2Ni. The van der Waals surface area contributed by atoms with Crippen LogP contribution in [0.1, 0.15) is 391 Å². The van der Waals surface area contributed by atoms with E-state index < -0.39 is 0 Å². The summed E-state index contributed by atoms with van der Waals surface area (Å²) in [5.74, 6) is 9.36. The number of allylic oxidation sites excluding steroid dienone is 2. The van der Waals surface area contributed by atoms with Crippen LogP contribution in [0.4, 0.5) is 0 Å². The molecule has 0 amide bonds. The van der Waals surface area contributed by atoms with E-state index in [1.54, 1.807) is 0 Å². The van der Waals surface area contributed by atoms with Crippen LogP contribution in [-0.4, -0.2) is 10.7 Å². The van der Waals surface area contributed by atoms with Crippen LogP contribution in [0.5, 0.6) is 0 Å². The van der Waals surface area contributed by atoms with Gasteiger partial charge in [-0.25, -0.2) is 0 Å². The minimum Gasteiger partial charge on any atom is -0.348 e. The Labute approximate surface area is 518 Å². The molecule has 0 fully saturated rings. The van der Waals surface area contributed by atoms with Gasteiger partial charge in [-0.2, -0.15) is 0 Å². The van der Waals surface area contributed by atoms with Crippen LogP contribution in [0.15, 0.2) is 60.2 Å². The van der Waals surface area contributed by atoms with Crippen LogP contribution in [0.25, 0.3) is 11.1 Å². The standard InChI is InChI=1S/C33H46N2.2C23H43.Ni/c1-4-7-10-11-12-14-18-29-20-16-23-32(27-29)33(30(21-9-6-3)24-25-35-34)31-22-15-19-28(26-31)17-13-8-5-2;2*1-3-5-7-9-11-13-15-17-19-21-23-22-20-18-16-14-12-10-8-6-4-2;/h15-16,19-20,22-24,26-27H,4-14,17-18,21H2,1-3H3;2*3,5-23H2,1H3;. The molecule has 0 saturated carbocycles. The van der Waals surface area contributed by atoms with E-state index in [4.69, 9.17) is 5.53 Å². The molecule has 2 aromatic rings. The first-order chi connectivity index (χ1) is 40.6. The van der Waals surface area contributed by atoms with Crippen LogP contribution in [0.2, 0.25) is 0 Å². The zero-order valence-corrected chi connectivity index (χ0v) is 56.1. The summed E-state index contributed by atoms with van der Waals surface area (Å²) in [7, 11) is 0. The Morgan fingerprint density at radius 1 is 0.366 bits per heavy atom. The van der Waals surface area contributed by atoms with Gasteiger partial charge in [0.1, 0.15) is 0 Å². The van der Waals surface area contributed by atoms with Crippen molar-refractivity contribution in [3.63, 3.8) is 0 Å². The van der Waals surface area contributed by atoms with E-state index >= 15 is 0 Å². The van der Waals surface area contributed by atoms with Gasteiger partial charge >= 0.3 is 164 Å². The first kappa shape index (κ1) is 77.0. The second-order valence-electron chi connectivity index (χ2n) is 24.6. The average Bonchev–Trinajstić information content (AvgIpc) is 3.56. The number of hydrogen-bond donors (Lipinski definition) is 0. The maximum atomic E-state index is 9.11. The normalized spacial score (nSPS) is 11.2. The van der Waals surface area contributed by atoms with Gasteiger partial charge < -0.3 is 5.53 Å². The Morgan fingerprint density at radius 2 is 0.646 bits per heavy atom. The number of aryl methyl sites for hydroxylation is 2. The second kappa shape index (κ2) is 64.0. The number of nitrogens with zero attached hydrogens (tertiary/aromatic N) is 2. The van der Waals surface area contributed by atoms with E-state index in [2.05, 4.69) is 115 Å². The van der Waals surface area contributed by atoms with Crippen molar-refractivity contribution in [3.05, 3.63) is 88.0 Å². The van der Waals surface area contributed by atoms with Gasteiger partial charge in [-0.3, -0.25) is 0 Å². The van der Waals surface area contributed by atoms with E-state index in [1.165, 1.54) is 350 Å². The SMILES string of the molecule is CCCCCCCCCCCCCCCCCCCCCC#[C][Ni][C]#CCCCCCCCCCCCCCCCCCCCCC.CCCCCCCCc1cccc(C(=C(C=C=[N+]=[N-])CCCC)c2cccc(CCCCC)c2)c1. The average molecular weight is 1170 g/mol. The predicted octanol–water partition coefficient (Wildman–Crippen LogP) is 26.4. The quantitative estimate of drug-likeness (QED) is 0.0120. The van der Waals surface area contributed by atoms with Gasteiger partial charge in [0, 0.05) is 0 Å². The molecule has 0 spiro atoms. The number of hydrogen-bond acceptors (Lipinski definition) is 0. The van der Waals surface area contributed by atoms with E-state index in [-0.39, 0.29) is 0 Å². The molecule has 0 unspecified atom stereocenters. The molecule has 2 rings (SSSR count). The third-order valence-electron chi connectivity index (χ3n) is 16.7. The number of benzene rings is 2. The molecule has 3 heteroatoms. The number of rotatable bonds is 55. The van der Waals surface area contributed by atoms with Gasteiger partial charge in [-0.05, 0) is 71.9 Å². The summed E-state index contributed by atoms with van der Waals surface area (Å²) in [6.07, 6.45) is 75.6. The van der Waals surface area contributed by atoms with E-state index in [1.807, 2.05) is 6.08 Å². The minimum atomic E-state index is 0.941. The molecule has 0 heterocycles. The summed E-state index contributed by atoms with van der Waals surface area (Å²) in [4.78, 5) is 9.61. The summed E-state index contributed by atoms with van der Waals surface area (Å²) in [5, 5.41) is 0. The van der Waals surface area contributed by atoms with Gasteiger partial charge in [0.2, 0.25) is 0 Å². The monoisotopic (exact) mass is 1170 g/mol. The molecule has 82 heavy (non-hydrogen) atoms. The van der Waals surface area contributed by atoms with Crippen molar-refractivity contribution in [1.29, 1.82) is 0 Å². The summed E-state index contributed by atoms with van der Waals surface area (Å²) in [5.41, 5.74) is 16.8. The summed E-state index contributed by atoms with van der Waals surface area (Å²) in [6, 6.07) is 18.1. The molecule has 0 aromatic heterocycles. The van der Waals surface area contributed by atoms with Gasteiger partial charge in [0.15, 0.2) is 0 Å². The van der Waals surface area contributed by atoms with Gasteiger partial charge in [0.25, 0.3) is 5.87 Å². The van der Waals surface area contributed by atoms with Crippen molar-refractivity contribution in [2.45, 2.75) is 381 Å². The fourth-order valence-corrected chi connectivity index (χ4v) is 12.0. The number of unbranched alkanes of at least 4 members (excludes halogenated alkanes) is 46. The third kappa shape index (κ3) is 50.3. The Hall–Kier alpha value is -3.05. The van der Waals surface area contributed by atoms with Gasteiger partial charge in [-0.15, -0.1) is 4.79 Å². The van der Waals surface area contributed by atoms with Crippen molar-refractivity contribution < 1.29 is 19.2 Å². The Morgan fingerprint density at radius 3 is 0.963 bits per heavy atom. The van der Waals surface area contributed by atoms with Crippen molar-refractivity contribution in [2.24, 2.45) is 0 Å². The zero-order valence-electron chi connectivity index (χ0n) is 55.1. The molecule has 0 aliphatic rings. The fraction of sp³-hybridized carbons (Fsp3) is 0.747. The predicted molar refractivity (Wildman–Crippen MR) is 364 cm³/mol. The van der Waals surface area contributed by atoms with Crippen LogP contribution >= 0.6 is 0 Å². The first-order valence-electron chi connectivity index (χ1n) is 36.0. The minimum absolute atomic E-state index is 0.941. The molecule has 0 atom stereocenters. The van der Waals surface area contributed by atoms with Crippen molar-refractivity contribution in [2.75, 3.05) is 0 Å². The molecule has 0 bridgehead atoms. The summed E-state index contributed by atoms with van der Waals surface area (Å²) >= 11 is 1.33. The van der Waals surface area contributed by atoms with Gasteiger partial charge in [-0.1, -0.05) is 263 Å². The summed E-state index contributed by atoms with van der Waals surface area (Å²) in [6.45, 7) is 11.4. The molecule has 468 valence electrons. The Kier molecular flexibility index (Phi) is 60.0. The van der Waals surface area contributed by atoms with Crippen LogP contribution < -0.4 is 0 Å². The fourth-order valence-electron chi connectivity index (χ4n) is 11.5. The van der Waals surface area contributed by atoms with Crippen molar-refractivity contribution in [3.8, 4) is 21.6 Å².